The summed E-state index contributed by atoms with van der Waals surface area (Å²) in [5, 5.41) is 34.2. The Labute approximate surface area is 215 Å². The normalized spacial score (nSPS) is 13.7. The number of benzene rings is 1. The summed E-state index contributed by atoms with van der Waals surface area (Å²) in [6, 6.07) is -0.646. The molecule has 5 amide bonds. The highest BCUT2D eigenvalue weighted by Crippen LogP contribution is 2.12. The number of carbonyl (C=O) groups is 7. The highest BCUT2D eigenvalue weighted by atomic mass is 16.4. The molecule has 38 heavy (non-hydrogen) atoms. The van der Waals surface area contributed by atoms with Crippen molar-refractivity contribution in [3.63, 3.8) is 0 Å². The fourth-order valence-corrected chi connectivity index (χ4v) is 3.14. The molecular formula is C22H30N6O10. The monoisotopic (exact) mass is 538 g/mol. The van der Waals surface area contributed by atoms with Gasteiger partial charge in [0.05, 0.1) is 18.9 Å². The molecule has 0 heterocycles. The van der Waals surface area contributed by atoms with E-state index in [4.69, 9.17) is 22.3 Å². The number of phenols is 1. The van der Waals surface area contributed by atoms with Crippen LogP contribution in [0.2, 0.25) is 0 Å². The second kappa shape index (κ2) is 14.7. The van der Waals surface area contributed by atoms with Crippen LogP contribution in [0.4, 0.5) is 0 Å². The van der Waals surface area contributed by atoms with Gasteiger partial charge in [0.15, 0.2) is 0 Å². The van der Waals surface area contributed by atoms with Crippen LogP contribution in [0.1, 0.15) is 31.2 Å². The molecule has 1 aromatic carbocycles. The Balaban J connectivity index is 3.18. The number of carboxylic acid groups (broad SMARTS) is 2. The molecule has 0 aliphatic rings. The number of hydrogen-bond donors (Lipinski definition) is 9. The zero-order valence-corrected chi connectivity index (χ0v) is 20.1. The first-order valence-corrected chi connectivity index (χ1v) is 11.1. The Hall–Kier alpha value is -4.73. The second-order valence-corrected chi connectivity index (χ2v) is 8.27. The van der Waals surface area contributed by atoms with Gasteiger partial charge in [0, 0.05) is 12.8 Å². The van der Waals surface area contributed by atoms with Crippen LogP contribution in [-0.4, -0.2) is 81.0 Å². The summed E-state index contributed by atoms with van der Waals surface area (Å²) in [6.07, 6.45) is -2.46. The lowest BCUT2D eigenvalue weighted by atomic mass is 10.0. The number of nitrogens with two attached hydrogens (primary N) is 3. The van der Waals surface area contributed by atoms with Crippen molar-refractivity contribution in [2.45, 2.75) is 56.3 Å². The minimum Gasteiger partial charge on any atom is -0.508 e. The smallest absolute Gasteiger partial charge is 0.326 e. The number of carbonyl (C=O) groups excluding carboxylic acids is 5. The summed E-state index contributed by atoms with van der Waals surface area (Å²) in [7, 11) is 0. The minimum atomic E-state index is -1.84. The van der Waals surface area contributed by atoms with Crippen molar-refractivity contribution in [2.24, 2.45) is 17.2 Å². The molecule has 0 aliphatic heterocycles. The van der Waals surface area contributed by atoms with Crippen molar-refractivity contribution in [3.05, 3.63) is 29.8 Å². The van der Waals surface area contributed by atoms with Gasteiger partial charge in [-0.1, -0.05) is 12.1 Å². The first-order valence-electron chi connectivity index (χ1n) is 11.1. The standard InChI is InChI=1S/C22H30N6O10/c23-12(8-17(25)31)19(34)27-14(7-10-1-3-11(29)4-2-10)21(36)26-13(5-6-16(24)30)20(35)28-15(22(37)38)9-18(32)33/h1-4,12-15,29H,5-9,23H2,(H2,24,30)(H2,25,31)(H,26,36)(H,27,34)(H,28,35)(H,32,33)(H,37,38). The van der Waals surface area contributed by atoms with E-state index in [1.54, 1.807) is 0 Å². The molecule has 16 nitrogen and oxygen atoms in total. The third kappa shape index (κ3) is 11.3. The number of nitrogens with one attached hydrogen (secondary N) is 3. The summed E-state index contributed by atoms with van der Waals surface area (Å²) >= 11 is 0. The van der Waals surface area contributed by atoms with Crippen molar-refractivity contribution in [3.8, 4) is 5.75 Å². The molecule has 0 fully saturated rings. The van der Waals surface area contributed by atoms with Crippen LogP contribution < -0.4 is 33.2 Å². The van der Waals surface area contributed by atoms with Gasteiger partial charge in [-0.3, -0.25) is 28.8 Å². The first-order chi connectivity index (χ1) is 17.7. The van der Waals surface area contributed by atoms with E-state index < -0.39 is 84.9 Å². The van der Waals surface area contributed by atoms with E-state index in [0.717, 1.165) is 0 Å². The summed E-state index contributed by atoms with van der Waals surface area (Å²) < 4.78 is 0. The van der Waals surface area contributed by atoms with Crippen LogP contribution in [0.3, 0.4) is 0 Å². The number of phenolic OH excluding ortho intramolecular Hbond substituents is 1. The first kappa shape index (κ1) is 31.3. The lowest BCUT2D eigenvalue weighted by Gasteiger charge is -2.25. The molecule has 4 atom stereocenters. The Kier molecular flexibility index (Phi) is 12.1. The maximum atomic E-state index is 13.1. The van der Waals surface area contributed by atoms with E-state index in [9.17, 15) is 43.8 Å². The fraction of sp³-hybridized carbons (Fsp3) is 0.409. The molecule has 0 aromatic heterocycles. The second-order valence-electron chi connectivity index (χ2n) is 8.27. The van der Waals surface area contributed by atoms with Crippen LogP contribution in [0.5, 0.6) is 5.75 Å². The van der Waals surface area contributed by atoms with Gasteiger partial charge in [-0.15, -0.1) is 0 Å². The molecule has 4 unspecified atom stereocenters. The molecule has 1 aromatic rings. The zero-order chi connectivity index (χ0) is 29.0. The van der Waals surface area contributed by atoms with E-state index in [2.05, 4.69) is 10.6 Å². The lowest BCUT2D eigenvalue weighted by Crippen LogP contribution is -2.58. The lowest BCUT2D eigenvalue weighted by molar-refractivity contribution is -0.147. The minimum absolute atomic E-state index is 0.0696. The van der Waals surface area contributed by atoms with Crippen LogP contribution in [0, 0.1) is 0 Å². The van der Waals surface area contributed by atoms with Crippen LogP contribution in [0.15, 0.2) is 24.3 Å². The quantitative estimate of drug-likeness (QED) is 0.0990. The van der Waals surface area contributed by atoms with Gasteiger partial charge in [-0.05, 0) is 24.1 Å². The largest absolute Gasteiger partial charge is 0.508 e. The van der Waals surface area contributed by atoms with Crippen molar-refractivity contribution in [2.75, 3.05) is 0 Å². The van der Waals surface area contributed by atoms with Crippen LogP contribution in [-0.2, 0) is 40.0 Å². The molecule has 0 saturated heterocycles. The molecule has 1 rings (SSSR count). The van der Waals surface area contributed by atoms with Crippen molar-refractivity contribution >= 4 is 41.5 Å². The van der Waals surface area contributed by atoms with Gasteiger partial charge in [-0.25, -0.2) is 4.79 Å². The van der Waals surface area contributed by atoms with Crippen LogP contribution >= 0.6 is 0 Å². The molecule has 0 spiro atoms. The SMILES string of the molecule is NC(=O)CCC(NC(=O)C(Cc1ccc(O)cc1)NC(=O)C(N)CC(N)=O)C(=O)NC(CC(=O)O)C(=O)O. The van der Waals surface area contributed by atoms with Crippen molar-refractivity contribution in [1.82, 2.24) is 16.0 Å². The van der Waals surface area contributed by atoms with E-state index in [-0.39, 0.29) is 18.6 Å². The highest BCUT2D eigenvalue weighted by molar-refractivity contribution is 5.95. The third-order valence-electron chi connectivity index (χ3n) is 5.07. The molecular weight excluding hydrogens is 508 g/mol. The van der Waals surface area contributed by atoms with Gasteiger partial charge in [0.25, 0.3) is 0 Å². The van der Waals surface area contributed by atoms with E-state index in [1.807, 2.05) is 5.32 Å². The Morgan fingerprint density at radius 2 is 1.26 bits per heavy atom. The summed E-state index contributed by atoms with van der Waals surface area (Å²) in [5.41, 5.74) is 16.3. The third-order valence-corrected chi connectivity index (χ3v) is 5.07. The zero-order valence-electron chi connectivity index (χ0n) is 20.1. The number of hydrogen-bond acceptors (Lipinski definition) is 9. The van der Waals surface area contributed by atoms with Gasteiger partial charge < -0.3 is 48.5 Å². The molecule has 0 radical (unpaired) electrons. The summed E-state index contributed by atoms with van der Waals surface area (Å²) in [6.45, 7) is 0. The van der Waals surface area contributed by atoms with Crippen molar-refractivity contribution in [1.29, 1.82) is 0 Å². The van der Waals surface area contributed by atoms with E-state index in [1.165, 1.54) is 24.3 Å². The number of aromatic hydroxyl groups is 1. The van der Waals surface area contributed by atoms with Crippen LogP contribution in [0.25, 0.3) is 0 Å². The molecule has 0 saturated carbocycles. The topological polar surface area (TPSA) is 294 Å². The summed E-state index contributed by atoms with van der Waals surface area (Å²) in [4.78, 5) is 83.0. The molecule has 0 bridgehead atoms. The fourth-order valence-electron chi connectivity index (χ4n) is 3.14. The van der Waals surface area contributed by atoms with Gasteiger partial charge in [0.1, 0.15) is 23.9 Å². The van der Waals surface area contributed by atoms with E-state index >= 15 is 0 Å². The number of amides is 5. The average Bonchev–Trinajstić information content (AvgIpc) is 2.80. The molecule has 0 aliphatic carbocycles. The maximum Gasteiger partial charge on any atom is 0.326 e. The highest BCUT2D eigenvalue weighted by Gasteiger charge is 2.31. The Bertz CT molecular complexity index is 1060. The molecule has 208 valence electrons. The average molecular weight is 539 g/mol. The Morgan fingerprint density at radius 3 is 1.76 bits per heavy atom. The number of primary amides is 2. The number of rotatable bonds is 16. The number of carboxylic acids is 2. The van der Waals surface area contributed by atoms with Gasteiger partial charge in [0.2, 0.25) is 29.5 Å². The van der Waals surface area contributed by atoms with Gasteiger partial charge in [-0.2, -0.15) is 0 Å². The Morgan fingerprint density at radius 1 is 0.737 bits per heavy atom. The summed E-state index contributed by atoms with van der Waals surface area (Å²) in [5.74, 6) is -7.96. The predicted octanol–water partition coefficient (Wildman–Crippen LogP) is -3.58. The number of aliphatic carboxylic acids is 2. The molecule has 16 heteroatoms. The predicted molar refractivity (Wildman–Crippen MR) is 128 cm³/mol. The molecule has 12 N–H and O–H groups in total. The maximum absolute atomic E-state index is 13.1. The van der Waals surface area contributed by atoms with Gasteiger partial charge >= 0.3 is 11.9 Å². The van der Waals surface area contributed by atoms with E-state index in [0.29, 0.717) is 5.56 Å². The van der Waals surface area contributed by atoms with Crippen molar-refractivity contribution < 1.29 is 48.9 Å².